The van der Waals surface area contributed by atoms with Crippen LogP contribution in [0.1, 0.15) is 28.1 Å². The Balaban J connectivity index is 1.74. The van der Waals surface area contributed by atoms with E-state index in [9.17, 15) is 10.1 Å². The molecule has 34 heavy (non-hydrogen) atoms. The normalized spacial score (nSPS) is 11.6. The highest BCUT2D eigenvalue weighted by Gasteiger charge is 2.18. The predicted molar refractivity (Wildman–Crippen MR) is 132 cm³/mol. The molecule has 0 spiro atoms. The maximum Gasteiger partial charge on any atom is 0.269 e. The zero-order valence-corrected chi connectivity index (χ0v) is 19.0. The quantitative estimate of drug-likeness (QED) is 0.375. The Labute approximate surface area is 195 Å². The van der Waals surface area contributed by atoms with Gasteiger partial charge >= 0.3 is 0 Å². The van der Waals surface area contributed by atoms with Crippen LogP contribution in [0.3, 0.4) is 0 Å². The van der Waals surface area contributed by atoms with E-state index in [1.54, 1.807) is 12.3 Å². The van der Waals surface area contributed by atoms with Gasteiger partial charge in [0.15, 0.2) is 0 Å². The Morgan fingerprint density at radius 3 is 2.65 bits per heavy atom. The number of pyridine rings is 1. The average Bonchev–Trinajstić information content (AvgIpc) is 3.25. The van der Waals surface area contributed by atoms with Crippen molar-refractivity contribution in [1.29, 1.82) is 5.26 Å². The summed E-state index contributed by atoms with van der Waals surface area (Å²) in [5.74, 6) is 1.09. The summed E-state index contributed by atoms with van der Waals surface area (Å²) in [6, 6.07) is 19.1. The van der Waals surface area contributed by atoms with E-state index in [0.717, 1.165) is 27.7 Å². The first kappa shape index (κ1) is 21.2. The van der Waals surface area contributed by atoms with Gasteiger partial charge in [-0.25, -0.2) is 4.98 Å². The molecule has 3 aromatic heterocycles. The topological polar surface area (TPSA) is 96.1 Å². The number of ether oxygens (including phenoxy) is 1. The molecule has 3 heterocycles. The Hall–Kier alpha value is -4.70. The first-order valence-corrected chi connectivity index (χ1v) is 10.8. The van der Waals surface area contributed by atoms with Crippen molar-refractivity contribution in [1.82, 2.24) is 19.4 Å². The van der Waals surface area contributed by atoms with Gasteiger partial charge in [-0.2, -0.15) is 10.2 Å². The van der Waals surface area contributed by atoms with E-state index in [1.165, 1.54) is 10.5 Å². The van der Waals surface area contributed by atoms with Gasteiger partial charge in [0, 0.05) is 6.20 Å². The molecule has 0 atom stereocenters. The summed E-state index contributed by atoms with van der Waals surface area (Å²) >= 11 is 0. The highest BCUT2D eigenvalue weighted by Crippen LogP contribution is 2.29. The minimum atomic E-state index is -0.336. The average molecular weight is 447 g/mol. The van der Waals surface area contributed by atoms with E-state index in [4.69, 9.17) is 4.74 Å². The Morgan fingerprint density at radius 2 is 1.88 bits per heavy atom. The molecule has 0 radical (unpaired) electrons. The van der Waals surface area contributed by atoms with Gasteiger partial charge in [0.1, 0.15) is 28.9 Å². The second-order valence-corrected chi connectivity index (χ2v) is 8.16. The first-order valence-electron chi connectivity index (χ1n) is 10.8. The summed E-state index contributed by atoms with van der Waals surface area (Å²) in [6.45, 7) is 5.82. The number of hydrogen-bond acceptors (Lipinski definition) is 5. The molecule has 0 aliphatic heterocycles. The van der Waals surface area contributed by atoms with E-state index in [0.29, 0.717) is 17.2 Å². The zero-order valence-electron chi connectivity index (χ0n) is 19.0. The zero-order chi connectivity index (χ0) is 23.8. The van der Waals surface area contributed by atoms with Gasteiger partial charge in [-0.15, -0.1) is 0 Å². The fraction of sp³-hybridized carbons (Fsp3) is 0.111. The molecule has 5 aromatic rings. The van der Waals surface area contributed by atoms with Gasteiger partial charge in [0.25, 0.3) is 5.56 Å². The lowest BCUT2D eigenvalue weighted by molar-refractivity contribution is 0.457. The SMILES string of the molecule is Cc1ccc(Oc2nc3c(C)cccn3c(=O)c2/C=C(\C#N)c2nc3ccccc3[nH]2)c(C)c1. The molecule has 2 aromatic carbocycles. The molecular formula is C27H21N5O2. The number of allylic oxidation sites excluding steroid dienone is 1. The van der Waals surface area contributed by atoms with Crippen LogP contribution in [0.4, 0.5) is 0 Å². The first-order chi connectivity index (χ1) is 16.4. The van der Waals surface area contributed by atoms with Gasteiger partial charge in [-0.05, 0) is 62.2 Å². The molecule has 0 saturated carbocycles. The van der Waals surface area contributed by atoms with E-state index in [1.807, 2.05) is 69.3 Å². The molecule has 1 N–H and O–H groups in total. The Kier molecular flexibility index (Phi) is 5.19. The number of fused-ring (bicyclic) bond motifs is 2. The Morgan fingerprint density at radius 1 is 1.06 bits per heavy atom. The molecule has 0 amide bonds. The van der Waals surface area contributed by atoms with Crippen LogP contribution in [0.25, 0.3) is 28.3 Å². The number of aromatic amines is 1. The summed E-state index contributed by atoms with van der Waals surface area (Å²) in [5, 5.41) is 9.92. The number of benzene rings is 2. The number of aryl methyl sites for hydroxylation is 3. The third-order valence-electron chi connectivity index (χ3n) is 5.64. The van der Waals surface area contributed by atoms with Crippen LogP contribution in [0, 0.1) is 32.1 Å². The van der Waals surface area contributed by atoms with Crippen molar-refractivity contribution >= 4 is 28.3 Å². The van der Waals surface area contributed by atoms with Gasteiger partial charge < -0.3 is 9.72 Å². The van der Waals surface area contributed by atoms with E-state index >= 15 is 0 Å². The summed E-state index contributed by atoms with van der Waals surface area (Å²) in [4.78, 5) is 25.9. The fourth-order valence-electron chi connectivity index (χ4n) is 3.89. The molecular weight excluding hydrogens is 426 g/mol. The van der Waals surface area contributed by atoms with Crippen molar-refractivity contribution in [2.24, 2.45) is 0 Å². The summed E-state index contributed by atoms with van der Waals surface area (Å²) in [5.41, 5.74) is 4.91. The van der Waals surface area contributed by atoms with Crippen molar-refractivity contribution < 1.29 is 4.74 Å². The number of aromatic nitrogens is 4. The minimum absolute atomic E-state index is 0.134. The number of imidazole rings is 1. The molecule has 7 nitrogen and oxygen atoms in total. The lowest BCUT2D eigenvalue weighted by Crippen LogP contribution is -2.19. The van der Waals surface area contributed by atoms with Gasteiger partial charge in [0.05, 0.1) is 16.6 Å². The van der Waals surface area contributed by atoms with E-state index in [2.05, 4.69) is 21.0 Å². The maximum atomic E-state index is 13.5. The molecule has 0 aliphatic rings. The maximum absolute atomic E-state index is 13.5. The molecule has 0 saturated heterocycles. The monoisotopic (exact) mass is 447 g/mol. The van der Waals surface area contributed by atoms with E-state index in [-0.39, 0.29) is 22.6 Å². The number of nitrogens with zero attached hydrogens (tertiary/aromatic N) is 4. The largest absolute Gasteiger partial charge is 0.438 e. The van der Waals surface area contributed by atoms with Crippen molar-refractivity contribution in [2.75, 3.05) is 0 Å². The van der Waals surface area contributed by atoms with Crippen LogP contribution in [-0.2, 0) is 0 Å². The Bertz CT molecular complexity index is 1670. The molecule has 5 rings (SSSR count). The van der Waals surface area contributed by atoms with Crippen molar-refractivity contribution in [3.05, 3.63) is 99.2 Å². The number of hydrogen-bond donors (Lipinski definition) is 1. The van der Waals surface area contributed by atoms with Crippen molar-refractivity contribution in [3.63, 3.8) is 0 Å². The van der Waals surface area contributed by atoms with Crippen LogP contribution >= 0.6 is 0 Å². The minimum Gasteiger partial charge on any atom is -0.438 e. The lowest BCUT2D eigenvalue weighted by atomic mass is 10.1. The number of H-pyrrole nitrogens is 1. The van der Waals surface area contributed by atoms with Crippen molar-refractivity contribution in [2.45, 2.75) is 20.8 Å². The highest BCUT2D eigenvalue weighted by molar-refractivity contribution is 5.91. The third-order valence-corrected chi connectivity index (χ3v) is 5.64. The number of nitriles is 1. The van der Waals surface area contributed by atoms with Gasteiger partial charge in [0.2, 0.25) is 5.88 Å². The van der Waals surface area contributed by atoms with Crippen molar-refractivity contribution in [3.8, 4) is 17.7 Å². The van der Waals surface area contributed by atoms with Gasteiger partial charge in [-0.1, -0.05) is 35.9 Å². The molecule has 0 aliphatic carbocycles. The van der Waals surface area contributed by atoms with Crippen LogP contribution in [-0.4, -0.2) is 19.4 Å². The third kappa shape index (κ3) is 3.71. The van der Waals surface area contributed by atoms with Crippen LogP contribution in [0.5, 0.6) is 11.6 Å². The number of nitrogens with one attached hydrogen (secondary N) is 1. The second kappa shape index (κ2) is 8.34. The summed E-state index contributed by atoms with van der Waals surface area (Å²) < 4.78 is 7.63. The lowest BCUT2D eigenvalue weighted by Gasteiger charge is -2.13. The molecule has 0 unspecified atom stereocenters. The molecule has 7 heteroatoms. The molecule has 166 valence electrons. The second-order valence-electron chi connectivity index (χ2n) is 8.16. The molecule has 0 bridgehead atoms. The van der Waals surface area contributed by atoms with Crippen LogP contribution < -0.4 is 10.3 Å². The van der Waals surface area contributed by atoms with E-state index < -0.39 is 0 Å². The highest BCUT2D eigenvalue weighted by atomic mass is 16.5. The number of rotatable bonds is 4. The van der Waals surface area contributed by atoms with Crippen LogP contribution in [0.2, 0.25) is 0 Å². The molecule has 0 fully saturated rings. The predicted octanol–water partition coefficient (Wildman–Crippen LogP) is 5.35. The standard InChI is InChI=1S/C27H21N5O2/c1-16-10-11-23(18(3)13-16)34-26-20(27(33)32-12-6-7-17(2)25(32)31-26)14-19(15-28)24-29-21-8-4-5-9-22(21)30-24/h4-14H,1-3H3,(H,29,30)/b19-14+. The smallest absolute Gasteiger partial charge is 0.269 e. The fourth-order valence-corrected chi connectivity index (χ4v) is 3.89. The van der Waals surface area contributed by atoms with Crippen LogP contribution in [0.15, 0.2) is 65.6 Å². The summed E-state index contributed by atoms with van der Waals surface area (Å²) in [6.07, 6.45) is 3.14. The summed E-state index contributed by atoms with van der Waals surface area (Å²) in [7, 11) is 0. The van der Waals surface area contributed by atoms with Gasteiger partial charge in [-0.3, -0.25) is 9.20 Å². The number of para-hydroxylation sites is 2.